The lowest BCUT2D eigenvalue weighted by atomic mass is 10.2. The zero-order valence-corrected chi connectivity index (χ0v) is 11.2. The largest absolute Gasteiger partial charge is 0.335 e. The first-order valence-electron chi connectivity index (χ1n) is 5.67. The average molecular weight is 257 g/mol. The Hall–Kier alpha value is -1.07. The Morgan fingerprint density at radius 2 is 1.82 bits per heavy atom. The molecule has 1 aromatic heterocycles. The maximum atomic E-state index is 12.3. The fraction of sp³-hybridized carbons (Fsp3) is 0.636. The number of carbonyl (C=O) groups excluding carboxylic acids is 1. The maximum Gasteiger partial charge on any atom is 0.273 e. The van der Waals surface area contributed by atoms with E-state index in [0.717, 1.165) is 26.2 Å². The highest BCUT2D eigenvalue weighted by molar-refractivity contribution is 6.34. The van der Waals surface area contributed by atoms with Crippen LogP contribution in [0.25, 0.3) is 0 Å². The van der Waals surface area contributed by atoms with Crippen LogP contribution in [-0.4, -0.2) is 58.7 Å². The number of hydrogen-bond acceptors (Lipinski definition) is 3. The second kappa shape index (κ2) is 4.66. The van der Waals surface area contributed by atoms with Gasteiger partial charge in [-0.1, -0.05) is 11.6 Å². The molecule has 6 heteroatoms. The summed E-state index contributed by atoms with van der Waals surface area (Å²) in [5, 5.41) is 4.64. The molecule has 2 rings (SSSR count). The van der Waals surface area contributed by atoms with Gasteiger partial charge in [0.25, 0.3) is 5.91 Å². The van der Waals surface area contributed by atoms with Crippen LogP contribution in [0.5, 0.6) is 0 Å². The number of likely N-dealkylation sites (N-methyl/N-ethyl adjacent to an activating group) is 1. The van der Waals surface area contributed by atoms with Gasteiger partial charge in [0.1, 0.15) is 5.69 Å². The van der Waals surface area contributed by atoms with Crippen LogP contribution in [0.15, 0.2) is 0 Å². The lowest BCUT2D eigenvalue weighted by molar-refractivity contribution is 0.0653. The summed E-state index contributed by atoms with van der Waals surface area (Å²) in [5.74, 6) is -0.0220. The van der Waals surface area contributed by atoms with Gasteiger partial charge >= 0.3 is 0 Å². The molecule has 1 amide bonds. The van der Waals surface area contributed by atoms with E-state index in [1.165, 1.54) is 0 Å². The van der Waals surface area contributed by atoms with Crippen molar-refractivity contribution in [2.24, 2.45) is 7.05 Å². The quantitative estimate of drug-likeness (QED) is 0.745. The molecule has 0 saturated carbocycles. The minimum atomic E-state index is -0.0220. The highest BCUT2D eigenvalue weighted by atomic mass is 35.5. The molecule has 0 aliphatic carbocycles. The van der Waals surface area contributed by atoms with Crippen LogP contribution in [0.1, 0.15) is 16.2 Å². The highest BCUT2D eigenvalue weighted by Gasteiger charge is 2.26. The molecule has 1 aliphatic heterocycles. The third kappa shape index (κ3) is 2.30. The molecular weight excluding hydrogens is 240 g/mol. The molecule has 0 spiro atoms. The average Bonchev–Trinajstić information content (AvgIpc) is 2.53. The molecule has 1 aromatic rings. The smallest absolute Gasteiger partial charge is 0.273 e. The third-order valence-electron chi connectivity index (χ3n) is 3.14. The molecule has 0 bridgehead atoms. The molecule has 1 aliphatic rings. The van der Waals surface area contributed by atoms with Gasteiger partial charge in [-0.3, -0.25) is 9.48 Å². The highest BCUT2D eigenvalue weighted by Crippen LogP contribution is 2.21. The zero-order chi connectivity index (χ0) is 12.6. The Labute approximate surface area is 106 Å². The van der Waals surface area contributed by atoms with Gasteiger partial charge in [-0.25, -0.2) is 0 Å². The fourth-order valence-electron chi connectivity index (χ4n) is 2.02. The molecule has 5 nitrogen and oxygen atoms in total. The summed E-state index contributed by atoms with van der Waals surface area (Å²) in [7, 11) is 3.81. The lowest BCUT2D eigenvalue weighted by Gasteiger charge is -2.32. The molecule has 1 saturated heterocycles. The summed E-state index contributed by atoms with van der Waals surface area (Å²) < 4.78 is 1.57. The van der Waals surface area contributed by atoms with E-state index in [2.05, 4.69) is 17.0 Å². The maximum absolute atomic E-state index is 12.3. The summed E-state index contributed by atoms with van der Waals surface area (Å²) in [6.45, 7) is 5.11. The Morgan fingerprint density at radius 1 is 1.24 bits per heavy atom. The SMILES string of the molecule is Cc1nn(C)c(C(=O)N2CCN(C)CC2)c1Cl. The van der Waals surface area contributed by atoms with Gasteiger partial charge in [0.05, 0.1) is 10.7 Å². The molecule has 2 heterocycles. The van der Waals surface area contributed by atoms with Crippen molar-refractivity contribution in [3.05, 3.63) is 16.4 Å². The number of nitrogens with zero attached hydrogens (tertiary/aromatic N) is 4. The Bertz CT molecular complexity index is 435. The molecule has 0 N–H and O–H groups in total. The van der Waals surface area contributed by atoms with Crippen LogP contribution < -0.4 is 0 Å². The van der Waals surface area contributed by atoms with E-state index >= 15 is 0 Å². The van der Waals surface area contributed by atoms with Crippen molar-refractivity contribution in [3.63, 3.8) is 0 Å². The molecule has 0 radical (unpaired) electrons. The zero-order valence-electron chi connectivity index (χ0n) is 10.4. The van der Waals surface area contributed by atoms with Gasteiger partial charge in [0, 0.05) is 33.2 Å². The number of piperazine rings is 1. The number of rotatable bonds is 1. The van der Waals surface area contributed by atoms with Crippen LogP contribution in [0, 0.1) is 6.92 Å². The standard InChI is InChI=1S/C11H17ClN4O/c1-8-9(12)10(15(3)13-8)11(17)16-6-4-14(2)5-7-16/h4-7H2,1-3H3. The van der Waals surface area contributed by atoms with Gasteiger partial charge in [-0.05, 0) is 14.0 Å². The first kappa shape index (κ1) is 12.4. The van der Waals surface area contributed by atoms with Crippen LogP contribution >= 0.6 is 11.6 Å². The molecule has 0 aromatic carbocycles. The van der Waals surface area contributed by atoms with E-state index in [1.807, 2.05) is 11.8 Å². The van der Waals surface area contributed by atoms with Crippen LogP contribution in [0.4, 0.5) is 0 Å². The first-order chi connectivity index (χ1) is 8.00. The van der Waals surface area contributed by atoms with E-state index in [0.29, 0.717) is 16.4 Å². The predicted molar refractivity (Wildman–Crippen MR) is 66.4 cm³/mol. The molecular formula is C11H17ClN4O. The molecule has 17 heavy (non-hydrogen) atoms. The van der Waals surface area contributed by atoms with Crippen molar-refractivity contribution in [1.29, 1.82) is 0 Å². The number of halogens is 1. The van der Waals surface area contributed by atoms with Crippen molar-refractivity contribution >= 4 is 17.5 Å². The van der Waals surface area contributed by atoms with Gasteiger partial charge in [-0.15, -0.1) is 0 Å². The number of hydrogen-bond donors (Lipinski definition) is 0. The second-order valence-electron chi connectivity index (χ2n) is 4.47. The molecule has 0 atom stereocenters. The summed E-state index contributed by atoms with van der Waals surface area (Å²) in [5.41, 5.74) is 1.19. The van der Waals surface area contributed by atoms with Crippen molar-refractivity contribution in [3.8, 4) is 0 Å². The van der Waals surface area contributed by atoms with Gasteiger partial charge in [-0.2, -0.15) is 5.10 Å². The monoisotopic (exact) mass is 256 g/mol. The van der Waals surface area contributed by atoms with E-state index in [-0.39, 0.29) is 5.91 Å². The topological polar surface area (TPSA) is 41.4 Å². The van der Waals surface area contributed by atoms with Gasteiger partial charge < -0.3 is 9.80 Å². The van der Waals surface area contributed by atoms with Crippen molar-refractivity contribution < 1.29 is 4.79 Å². The Morgan fingerprint density at radius 3 is 2.29 bits per heavy atom. The second-order valence-corrected chi connectivity index (χ2v) is 4.85. The number of carbonyl (C=O) groups is 1. The van der Waals surface area contributed by atoms with Crippen LogP contribution in [-0.2, 0) is 7.05 Å². The van der Waals surface area contributed by atoms with Crippen molar-refractivity contribution in [2.75, 3.05) is 33.2 Å². The van der Waals surface area contributed by atoms with Crippen LogP contribution in [0.3, 0.4) is 0 Å². The van der Waals surface area contributed by atoms with E-state index in [4.69, 9.17) is 11.6 Å². The van der Waals surface area contributed by atoms with Gasteiger partial charge in [0.15, 0.2) is 0 Å². The third-order valence-corrected chi connectivity index (χ3v) is 3.59. The molecule has 0 unspecified atom stereocenters. The normalized spacial score (nSPS) is 17.5. The number of aromatic nitrogens is 2. The summed E-state index contributed by atoms with van der Waals surface area (Å²) in [6, 6.07) is 0. The van der Waals surface area contributed by atoms with Crippen molar-refractivity contribution in [1.82, 2.24) is 19.6 Å². The van der Waals surface area contributed by atoms with Crippen molar-refractivity contribution in [2.45, 2.75) is 6.92 Å². The summed E-state index contributed by atoms with van der Waals surface area (Å²) in [6.07, 6.45) is 0. The molecule has 94 valence electrons. The summed E-state index contributed by atoms with van der Waals surface area (Å²) in [4.78, 5) is 16.4. The lowest BCUT2D eigenvalue weighted by Crippen LogP contribution is -2.47. The predicted octanol–water partition coefficient (Wildman–Crippen LogP) is 0.770. The Kier molecular flexibility index (Phi) is 3.40. The minimum absolute atomic E-state index is 0.0220. The first-order valence-corrected chi connectivity index (χ1v) is 6.05. The molecule has 1 fully saturated rings. The minimum Gasteiger partial charge on any atom is -0.335 e. The fourth-order valence-corrected chi connectivity index (χ4v) is 2.26. The van der Waals surface area contributed by atoms with E-state index < -0.39 is 0 Å². The number of amides is 1. The number of aryl methyl sites for hydroxylation is 2. The van der Waals surface area contributed by atoms with Gasteiger partial charge in [0.2, 0.25) is 0 Å². The van der Waals surface area contributed by atoms with E-state index in [1.54, 1.807) is 11.7 Å². The van der Waals surface area contributed by atoms with Crippen LogP contribution in [0.2, 0.25) is 5.02 Å². The Balaban J connectivity index is 2.20. The van der Waals surface area contributed by atoms with E-state index in [9.17, 15) is 4.79 Å². The summed E-state index contributed by atoms with van der Waals surface area (Å²) >= 11 is 6.12.